The molecule has 2 saturated heterocycles. The average Bonchev–Trinajstić information content (AvgIpc) is 3.10. The molecular formula is C22H27ClN4O2. The largest absolute Gasteiger partial charge is 0.338 e. The Morgan fingerprint density at radius 1 is 1.24 bits per heavy atom. The van der Waals surface area contributed by atoms with Crippen molar-refractivity contribution >= 4 is 24.2 Å². The van der Waals surface area contributed by atoms with Gasteiger partial charge in [-0.05, 0) is 24.1 Å². The number of aryl methyl sites for hydroxylation is 1. The monoisotopic (exact) mass is 414 g/mol. The lowest BCUT2D eigenvalue weighted by Crippen LogP contribution is -2.50. The first kappa shape index (κ1) is 21.3. The molecule has 2 unspecified atom stereocenters. The molecule has 0 bridgehead atoms. The van der Waals surface area contributed by atoms with E-state index in [1.54, 1.807) is 6.20 Å². The SMILES string of the molecule is Cc1ccc(CN2CC(C(=O)N3CCNCC3c3cccnc3)CC2=O)cc1.Cl. The average molecular weight is 415 g/mol. The fourth-order valence-corrected chi connectivity index (χ4v) is 4.08. The van der Waals surface area contributed by atoms with Crippen LogP contribution in [0.2, 0.25) is 0 Å². The molecule has 6 nitrogen and oxygen atoms in total. The number of carbonyl (C=O) groups excluding carboxylic acids is 2. The van der Waals surface area contributed by atoms with Crippen molar-refractivity contribution in [2.24, 2.45) is 5.92 Å². The van der Waals surface area contributed by atoms with Crippen LogP contribution in [0, 0.1) is 12.8 Å². The van der Waals surface area contributed by atoms with E-state index in [4.69, 9.17) is 0 Å². The molecule has 3 heterocycles. The summed E-state index contributed by atoms with van der Waals surface area (Å²) in [4.78, 5) is 33.7. The second kappa shape index (κ2) is 9.37. The summed E-state index contributed by atoms with van der Waals surface area (Å²) < 4.78 is 0. The van der Waals surface area contributed by atoms with Crippen LogP contribution in [0.4, 0.5) is 0 Å². The molecule has 0 spiro atoms. The molecule has 1 aromatic carbocycles. The molecule has 2 aliphatic rings. The van der Waals surface area contributed by atoms with Crippen LogP contribution in [0.5, 0.6) is 0 Å². The molecule has 2 amide bonds. The first-order valence-corrected chi connectivity index (χ1v) is 9.86. The van der Waals surface area contributed by atoms with Crippen molar-refractivity contribution in [2.75, 3.05) is 26.2 Å². The summed E-state index contributed by atoms with van der Waals surface area (Å²) in [5.41, 5.74) is 3.33. The third-order valence-corrected chi connectivity index (χ3v) is 5.65. The summed E-state index contributed by atoms with van der Waals surface area (Å²) in [7, 11) is 0. The number of piperazine rings is 1. The van der Waals surface area contributed by atoms with Gasteiger partial charge in [-0.1, -0.05) is 35.9 Å². The van der Waals surface area contributed by atoms with Gasteiger partial charge < -0.3 is 15.1 Å². The van der Waals surface area contributed by atoms with Crippen LogP contribution >= 0.6 is 12.4 Å². The number of nitrogens with zero attached hydrogens (tertiary/aromatic N) is 3. The van der Waals surface area contributed by atoms with Gasteiger partial charge in [0.15, 0.2) is 0 Å². The van der Waals surface area contributed by atoms with Crippen molar-refractivity contribution in [1.29, 1.82) is 0 Å². The normalized spacial score (nSPS) is 21.8. The summed E-state index contributed by atoms with van der Waals surface area (Å²) >= 11 is 0. The summed E-state index contributed by atoms with van der Waals surface area (Å²) in [5, 5.41) is 3.36. The van der Waals surface area contributed by atoms with Gasteiger partial charge in [0.25, 0.3) is 0 Å². The van der Waals surface area contributed by atoms with E-state index in [9.17, 15) is 9.59 Å². The minimum atomic E-state index is -0.268. The van der Waals surface area contributed by atoms with Gasteiger partial charge in [-0.2, -0.15) is 0 Å². The maximum atomic E-state index is 13.3. The van der Waals surface area contributed by atoms with Crippen LogP contribution in [0.15, 0.2) is 48.8 Å². The van der Waals surface area contributed by atoms with Crippen LogP contribution < -0.4 is 5.32 Å². The van der Waals surface area contributed by atoms with E-state index in [1.165, 1.54) is 5.56 Å². The number of amides is 2. The van der Waals surface area contributed by atoms with E-state index in [0.717, 1.165) is 17.7 Å². The van der Waals surface area contributed by atoms with Crippen molar-refractivity contribution in [3.8, 4) is 0 Å². The Hall–Kier alpha value is -2.44. The third-order valence-electron chi connectivity index (χ3n) is 5.65. The summed E-state index contributed by atoms with van der Waals surface area (Å²) in [6, 6.07) is 12.1. The number of rotatable bonds is 4. The molecule has 1 N–H and O–H groups in total. The standard InChI is InChI=1S/C22H26N4O2.ClH/c1-16-4-6-17(7-5-16)14-25-15-19(11-21(25)27)22(28)26-10-9-24-13-20(26)18-3-2-8-23-12-18;/h2-8,12,19-20,24H,9-11,13-15H2,1H3;1H. The topological polar surface area (TPSA) is 65.5 Å². The molecule has 29 heavy (non-hydrogen) atoms. The van der Waals surface area contributed by atoms with Crippen LogP contribution in [-0.2, 0) is 16.1 Å². The Labute approximate surface area is 177 Å². The van der Waals surface area contributed by atoms with Gasteiger partial charge in [-0.15, -0.1) is 12.4 Å². The van der Waals surface area contributed by atoms with Crippen LogP contribution in [0.1, 0.15) is 29.2 Å². The zero-order valence-corrected chi connectivity index (χ0v) is 17.4. The number of benzene rings is 1. The van der Waals surface area contributed by atoms with Gasteiger partial charge in [-0.3, -0.25) is 14.6 Å². The highest BCUT2D eigenvalue weighted by Crippen LogP contribution is 2.28. The third kappa shape index (κ3) is 4.77. The lowest BCUT2D eigenvalue weighted by atomic mass is 10.0. The highest BCUT2D eigenvalue weighted by Gasteiger charge is 2.39. The number of carbonyl (C=O) groups is 2. The Morgan fingerprint density at radius 2 is 2.03 bits per heavy atom. The van der Waals surface area contributed by atoms with E-state index in [2.05, 4.69) is 22.4 Å². The Bertz CT molecular complexity index is 844. The van der Waals surface area contributed by atoms with Crippen LogP contribution in [0.25, 0.3) is 0 Å². The smallest absolute Gasteiger partial charge is 0.228 e. The van der Waals surface area contributed by atoms with Crippen LogP contribution in [0.3, 0.4) is 0 Å². The van der Waals surface area contributed by atoms with Crippen molar-refractivity contribution in [3.63, 3.8) is 0 Å². The number of hydrogen-bond acceptors (Lipinski definition) is 4. The van der Waals surface area contributed by atoms with Gasteiger partial charge in [-0.25, -0.2) is 0 Å². The molecule has 154 valence electrons. The van der Waals surface area contributed by atoms with Gasteiger partial charge in [0.05, 0.1) is 12.0 Å². The molecule has 2 aromatic rings. The maximum Gasteiger partial charge on any atom is 0.228 e. The van der Waals surface area contributed by atoms with E-state index in [-0.39, 0.29) is 36.2 Å². The Kier molecular flexibility index (Phi) is 6.87. The first-order chi connectivity index (χ1) is 13.6. The van der Waals surface area contributed by atoms with Gasteiger partial charge in [0.1, 0.15) is 0 Å². The van der Waals surface area contributed by atoms with Gasteiger partial charge >= 0.3 is 0 Å². The number of hydrogen-bond donors (Lipinski definition) is 1. The first-order valence-electron chi connectivity index (χ1n) is 9.86. The minimum absolute atomic E-state index is 0. The second-order valence-corrected chi connectivity index (χ2v) is 7.70. The predicted molar refractivity (Wildman–Crippen MR) is 114 cm³/mol. The molecule has 2 aliphatic heterocycles. The van der Waals surface area contributed by atoms with Crippen molar-refractivity contribution < 1.29 is 9.59 Å². The maximum absolute atomic E-state index is 13.3. The molecule has 2 fully saturated rings. The molecule has 0 aliphatic carbocycles. The summed E-state index contributed by atoms with van der Waals surface area (Å²) in [6.07, 6.45) is 3.86. The zero-order chi connectivity index (χ0) is 19.5. The molecular weight excluding hydrogens is 388 g/mol. The number of nitrogens with one attached hydrogen (secondary N) is 1. The van der Waals surface area contributed by atoms with E-state index in [0.29, 0.717) is 32.6 Å². The van der Waals surface area contributed by atoms with E-state index < -0.39 is 0 Å². The van der Waals surface area contributed by atoms with Crippen molar-refractivity contribution in [3.05, 3.63) is 65.5 Å². The van der Waals surface area contributed by atoms with E-state index in [1.807, 2.05) is 47.2 Å². The molecule has 0 saturated carbocycles. The lowest BCUT2D eigenvalue weighted by Gasteiger charge is -2.37. The summed E-state index contributed by atoms with van der Waals surface area (Å²) in [6.45, 7) is 5.25. The highest BCUT2D eigenvalue weighted by atomic mass is 35.5. The number of pyridine rings is 1. The molecule has 4 rings (SSSR count). The minimum Gasteiger partial charge on any atom is -0.338 e. The summed E-state index contributed by atoms with van der Waals surface area (Å²) in [5.74, 6) is -0.127. The predicted octanol–water partition coefficient (Wildman–Crippen LogP) is 2.33. The van der Waals surface area contributed by atoms with Gasteiger partial charge in [0, 0.05) is 51.5 Å². The Balaban J connectivity index is 0.00000240. The van der Waals surface area contributed by atoms with Gasteiger partial charge in [0.2, 0.25) is 11.8 Å². The lowest BCUT2D eigenvalue weighted by molar-refractivity contribution is -0.139. The fourth-order valence-electron chi connectivity index (χ4n) is 4.08. The van der Waals surface area contributed by atoms with E-state index >= 15 is 0 Å². The zero-order valence-electron chi connectivity index (χ0n) is 16.6. The molecule has 1 aromatic heterocycles. The van der Waals surface area contributed by atoms with Crippen molar-refractivity contribution in [2.45, 2.75) is 25.9 Å². The van der Waals surface area contributed by atoms with Crippen LogP contribution in [-0.4, -0.2) is 52.8 Å². The Morgan fingerprint density at radius 3 is 2.76 bits per heavy atom. The van der Waals surface area contributed by atoms with Crippen molar-refractivity contribution in [1.82, 2.24) is 20.1 Å². The molecule has 7 heteroatoms. The molecule has 0 radical (unpaired) electrons. The number of halogens is 1. The number of aromatic nitrogens is 1. The second-order valence-electron chi connectivity index (χ2n) is 7.70. The quantitative estimate of drug-likeness (QED) is 0.833. The number of likely N-dealkylation sites (tertiary alicyclic amines) is 1. The highest BCUT2D eigenvalue weighted by molar-refractivity contribution is 5.89. The fraction of sp³-hybridized carbons (Fsp3) is 0.409. The molecule has 2 atom stereocenters.